The van der Waals surface area contributed by atoms with E-state index in [1.54, 1.807) is 12.1 Å². The predicted octanol–water partition coefficient (Wildman–Crippen LogP) is 0.624. The number of carbonyl (C=O) groups excluding carboxylic acids is 1. The number of amides is 1. The first kappa shape index (κ1) is 12.4. The Hall–Kier alpha value is -1.62. The molecule has 1 heterocycles. The average Bonchev–Trinajstić information content (AvgIpc) is 2.26. The third-order valence-electron chi connectivity index (χ3n) is 1.86. The van der Waals surface area contributed by atoms with Crippen molar-refractivity contribution in [3.05, 3.63) is 23.9 Å². The van der Waals surface area contributed by atoms with Crippen LogP contribution in [0, 0.1) is 0 Å². The second-order valence-electron chi connectivity index (χ2n) is 3.71. The molecule has 1 aromatic heterocycles. The van der Waals surface area contributed by atoms with Crippen LogP contribution in [0.1, 0.15) is 24.2 Å². The molecule has 0 radical (unpaired) electrons. The number of aliphatic hydroxyl groups is 1. The molecule has 0 bridgehead atoms. The van der Waals surface area contributed by atoms with E-state index < -0.39 is 0 Å². The van der Waals surface area contributed by atoms with Crippen molar-refractivity contribution in [2.24, 2.45) is 0 Å². The standard InChI is InChI=1S/C11H17N3O2/c1-8(2)14-10-4-3-9(7-13-10)11(16)12-5-6-15/h3-4,7-8,15H,5-6H2,1-2H3,(H,12,16)(H,13,14). The van der Waals surface area contributed by atoms with Crippen molar-refractivity contribution in [1.29, 1.82) is 0 Å². The number of hydrogen-bond acceptors (Lipinski definition) is 4. The summed E-state index contributed by atoms with van der Waals surface area (Å²) in [6.45, 7) is 4.23. The molecule has 0 atom stereocenters. The number of rotatable bonds is 5. The number of anilines is 1. The van der Waals surface area contributed by atoms with Crippen LogP contribution in [0.5, 0.6) is 0 Å². The fourth-order valence-corrected chi connectivity index (χ4v) is 1.18. The maximum absolute atomic E-state index is 11.5. The lowest BCUT2D eigenvalue weighted by atomic mass is 10.2. The van der Waals surface area contributed by atoms with Gasteiger partial charge in [0.2, 0.25) is 0 Å². The summed E-state index contributed by atoms with van der Waals surface area (Å²) >= 11 is 0. The molecule has 1 aromatic rings. The normalized spacial score (nSPS) is 10.2. The third-order valence-corrected chi connectivity index (χ3v) is 1.86. The van der Waals surface area contributed by atoms with E-state index >= 15 is 0 Å². The van der Waals surface area contributed by atoms with Gasteiger partial charge in [-0.05, 0) is 26.0 Å². The van der Waals surface area contributed by atoms with Crippen LogP contribution in [-0.2, 0) is 0 Å². The number of hydrogen-bond donors (Lipinski definition) is 3. The van der Waals surface area contributed by atoms with Crippen LogP contribution in [0.4, 0.5) is 5.82 Å². The van der Waals surface area contributed by atoms with Crippen LogP contribution < -0.4 is 10.6 Å². The minimum absolute atomic E-state index is 0.0633. The number of carbonyl (C=O) groups is 1. The fraction of sp³-hybridized carbons (Fsp3) is 0.455. The zero-order chi connectivity index (χ0) is 12.0. The van der Waals surface area contributed by atoms with Gasteiger partial charge in [-0.2, -0.15) is 0 Å². The van der Waals surface area contributed by atoms with Crippen LogP contribution in [-0.4, -0.2) is 35.2 Å². The maximum atomic E-state index is 11.5. The first-order valence-corrected chi connectivity index (χ1v) is 5.25. The van der Waals surface area contributed by atoms with Crippen LogP contribution >= 0.6 is 0 Å². The highest BCUT2D eigenvalue weighted by molar-refractivity contribution is 5.94. The fourth-order valence-electron chi connectivity index (χ4n) is 1.18. The summed E-state index contributed by atoms with van der Waals surface area (Å²) in [6, 6.07) is 3.76. The zero-order valence-corrected chi connectivity index (χ0v) is 9.53. The Bertz CT molecular complexity index is 336. The Morgan fingerprint density at radius 1 is 1.50 bits per heavy atom. The van der Waals surface area contributed by atoms with Gasteiger partial charge in [0.15, 0.2) is 0 Å². The van der Waals surface area contributed by atoms with E-state index in [-0.39, 0.29) is 19.1 Å². The Morgan fingerprint density at radius 2 is 2.25 bits per heavy atom. The molecule has 0 aromatic carbocycles. The molecule has 0 spiro atoms. The van der Waals surface area contributed by atoms with E-state index in [0.29, 0.717) is 11.6 Å². The zero-order valence-electron chi connectivity index (χ0n) is 9.53. The molecule has 0 fully saturated rings. The van der Waals surface area contributed by atoms with Crippen molar-refractivity contribution in [3.8, 4) is 0 Å². The van der Waals surface area contributed by atoms with Gasteiger partial charge in [0, 0.05) is 18.8 Å². The largest absolute Gasteiger partial charge is 0.395 e. The monoisotopic (exact) mass is 223 g/mol. The van der Waals surface area contributed by atoms with E-state index in [4.69, 9.17) is 5.11 Å². The summed E-state index contributed by atoms with van der Waals surface area (Å²) in [4.78, 5) is 15.6. The number of nitrogens with zero attached hydrogens (tertiary/aromatic N) is 1. The first-order valence-electron chi connectivity index (χ1n) is 5.25. The molecule has 16 heavy (non-hydrogen) atoms. The molecule has 3 N–H and O–H groups in total. The minimum atomic E-state index is -0.224. The Balaban J connectivity index is 2.60. The molecule has 5 heteroatoms. The molecule has 5 nitrogen and oxygen atoms in total. The SMILES string of the molecule is CC(C)Nc1ccc(C(=O)NCCO)cn1. The van der Waals surface area contributed by atoms with E-state index in [1.165, 1.54) is 6.20 Å². The molecule has 0 aliphatic rings. The lowest BCUT2D eigenvalue weighted by molar-refractivity contribution is 0.0944. The highest BCUT2D eigenvalue weighted by Crippen LogP contribution is 2.06. The van der Waals surface area contributed by atoms with Gasteiger partial charge in [-0.3, -0.25) is 4.79 Å². The summed E-state index contributed by atoms with van der Waals surface area (Å²) in [7, 11) is 0. The van der Waals surface area contributed by atoms with Crippen molar-refractivity contribution in [2.75, 3.05) is 18.5 Å². The van der Waals surface area contributed by atoms with Gasteiger partial charge in [-0.15, -0.1) is 0 Å². The van der Waals surface area contributed by atoms with Crippen LogP contribution in [0.2, 0.25) is 0 Å². The quantitative estimate of drug-likeness (QED) is 0.684. The van der Waals surface area contributed by atoms with Crippen molar-refractivity contribution in [1.82, 2.24) is 10.3 Å². The lowest BCUT2D eigenvalue weighted by Gasteiger charge is -2.09. The molecular weight excluding hydrogens is 206 g/mol. The van der Waals surface area contributed by atoms with E-state index in [9.17, 15) is 4.79 Å². The smallest absolute Gasteiger partial charge is 0.252 e. The van der Waals surface area contributed by atoms with Gasteiger partial charge in [-0.25, -0.2) is 4.98 Å². The predicted molar refractivity (Wildman–Crippen MR) is 62.4 cm³/mol. The molecule has 88 valence electrons. The van der Waals surface area contributed by atoms with Crippen LogP contribution in [0.15, 0.2) is 18.3 Å². The van der Waals surface area contributed by atoms with Crippen molar-refractivity contribution >= 4 is 11.7 Å². The van der Waals surface area contributed by atoms with Gasteiger partial charge in [0.25, 0.3) is 5.91 Å². The average molecular weight is 223 g/mol. The maximum Gasteiger partial charge on any atom is 0.252 e. The molecule has 0 unspecified atom stereocenters. The van der Waals surface area contributed by atoms with Crippen molar-refractivity contribution in [3.63, 3.8) is 0 Å². The molecule has 1 amide bonds. The molecule has 1 rings (SSSR count). The number of aliphatic hydroxyl groups excluding tert-OH is 1. The summed E-state index contributed by atoms with van der Waals surface area (Å²) in [5, 5.41) is 14.3. The Labute approximate surface area is 94.9 Å². The van der Waals surface area contributed by atoms with Crippen molar-refractivity contribution < 1.29 is 9.90 Å². The van der Waals surface area contributed by atoms with Gasteiger partial charge >= 0.3 is 0 Å². The van der Waals surface area contributed by atoms with Crippen LogP contribution in [0.25, 0.3) is 0 Å². The summed E-state index contributed by atoms with van der Waals surface area (Å²) in [5.41, 5.74) is 0.489. The first-order chi connectivity index (χ1) is 7.63. The van der Waals surface area contributed by atoms with Gasteiger partial charge in [0.1, 0.15) is 5.82 Å². The summed E-state index contributed by atoms with van der Waals surface area (Å²) < 4.78 is 0. The minimum Gasteiger partial charge on any atom is -0.395 e. The molecule has 0 aliphatic carbocycles. The van der Waals surface area contributed by atoms with Gasteiger partial charge < -0.3 is 15.7 Å². The third kappa shape index (κ3) is 3.86. The molecular formula is C11H17N3O2. The Kier molecular flexibility index (Phi) is 4.72. The van der Waals surface area contributed by atoms with E-state index in [2.05, 4.69) is 15.6 Å². The molecule has 0 aliphatic heterocycles. The summed E-state index contributed by atoms with van der Waals surface area (Å²) in [6.07, 6.45) is 1.51. The molecule has 0 saturated heterocycles. The second-order valence-corrected chi connectivity index (χ2v) is 3.71. The lowest BCUT2D eigenvalue weighted by Crippen LogP contribution is -2.26. The van der Waals surface area contributed by atoms with Crippen molar-refractivity contribution in [2.45, 2.75) is 19.9 Å². The number of pyridine rings is 1. The molecule has 0 saturated carbocycles. The highest BCUT2D eigenvalue weighted by Gasteiger charge is 2.05. The van der Waals surface area contributed by atoms with E-state index in [0.717, 1.165) is 5.82 Å². The van der Waals surface area contributed by atoms with E-state index in [1.807, 2.05) is 13.8 Å². The highest BCUT2D eigenvalue weighted by atomic mass is 16.3. The Morgan fingerprint density at radius 3 is 2.75 bits per heavy atom. The summed E-state index contributed by atoms with van der Waals surface area (Å²) in [5.74, 6) is 0.520. The number of aromatic nitrogens is 1. The van der Waals surface area contributed by atoms with Gasteiger partial charge in [-0.1, -0.05) is 0 Å². The number of nitrogens with one attached hydrogen (secondary N) is 2. The van der Waals surface area contributed by atoms with Gasteiger partial charge in [0.05, 0.1) is 12.2 Å². The second kappa shape index (κ2) is 6.07. The van der Waals surface area contributed by atoms with Crippen LogP contribution in [0.3, 0.4) is 0 Å². The topological polar surface area (TPSA) is 74.2 Å².